The monoisotopic (exact) mass is 467 g/mol. The van der Waals surface area contributed by atoms with Gasteiger partial charge in [-0.1, -0.05) is 6.07 Å². The molecule has 0 aliphatic carbocycles. The lowest BCUT2D eigenvalue weighted by molar-refractivity contribution is 0.0846. The maximum Gasteiger partial charge on any atom is 0.269 e. The summed E-state index contributed by atoms with van der Waals surface area (Å²) in [5.74, 6) is -0.393. The number of hydrogen-bond acceptors (Lipinski definition) is 5. The molecular weight excluding hydrogens is 442 g/mol. The molecule has 0 heterocycles. The second-order valence-corrected chi connectivity index (χ2v) is 8.98. The van der Waals surface area contributed by atoms with Gasteiger partial charge >= 0.3 is 0 Å². The molecule has 9 heteroatoms. The second kappa shape index (κ2) is 10.2. The van der Waals surface area contributed by atoms with E-state index in [-0.39, 0.29) is 10.5 Å². The van der Waals surface area contributed by atoms with Crippen molar-refractivity contribution in [3.63, 3.8) is 0 Å². The molecule has 0 aliphatic rings. The molecule has 0 aliphatic heterocycles. The van der Waals surface area contributed by atoms with Crippen LogP contribution in [0.1, 0.15) is 38.8 Å². The molecule has 0 fully saturated rings. The molecule has 172 valence electrons. The van der Waals surface area contributed by atoms with Gasteiger partial charge in [0, 0.05) is 16.8 Å². The molecule has 8 nitrogen and oxygen atoms in total. The lowest BCUT2D eigenvalue weighted by Gasteiger charge is -2.11. The van der Waals surface area contributed by atoms with Crippen LogP contribution < -0.4 is 20.3 Å². The summed E-state index contributed by atoms with van der Waals surface area (Å²) in [5.41, 5.74) is 7.73. The Bertz CT molecular complexity index is 1250. The molecule has 0 atom stereocenters. The van der Waals surface area contributed by atoms with Crippen molar-refractivity contribution >= 4 is 27.5 Å². The van der Waals surface area contributed by atoms with Crippen molar-refractivity contribution in [2.24, 2.45) is 0 Å². The first-order valence-electron chi connectivity index (χ1n) is 10.2. The Morgan fingerprint density at radius 1 is 0.788 bits per heavy atom. The zero-order valence-corrected chi connectivity index (χ0v) is 19.3. The van der Waals surface area contributed by atoms with Crippen LogP contribution in [0.15, 0.2) is 71.6 Å². The summed E-state index contributed by atoms with van der Waals surface area (Å²) in [5, 5.41) is 0. The highest BCUT2D eigenvalue weighted by atomic mass is 32.2. The molecule has 0 saturated heterocycles. The van der Waals surface area contributed by atoms with Crippen LogP contribution >= 0.6 is 0 Å². The quantitative estimate of drug-likeness (QED) is 0.460. The summed E-state index contributed by atoms with van der Waals surface area (Å²) in [6, 6.07) is 17.1. The third-order valence-corrected chi connectivity index (χ3v) is 6.30. The van der Waals surface area contributed by atoms with Gasteiger partial charge in [-0.3, -0.25) is 25.2 Å². The first kappa shape index (κ1) is 23.8. The lowest BCUT2D eigenvalue weighted by Crippen LogP contribution is -2.41. The van der Waals surface area contributed by atoms with Crippen molar-refractivity contribution in [3.8, 4) is 5.75 Å². The van der Waals surface area contributed by atoms with Gasteiger partial charge in [-0.25, -0.2) is 8.42 Å². The van der Waals surface area contributed by atoms with Gasteiger partial charge in [0.05, 0.1) is 11.5 Å². The number of anilines is 1. The molecule has 0 unspecified atom stereocenters. The van der Waals surface area contributed by atoms with Crippen molar-refractivity contribution in [3.05, 3.63) is 89.0 Å². The Morgan fingerprint density at radius 3 is 1.94 bits per heavy atom. The van der Waals surface area contributed by atoms with E-state index in [1.165, 1.54) is 36.4 Å². The molecule has 0 bridgehead atoms. The number of carbonyl (C=O) groups is 2. The van der Waals surface area contributed by atoms with Gasteiger partial charge in [-0.15, -0.1) is 0 Å². The zero-order valence-electron chi connectivity index (χ0n) is 18.5. The number of rotatable bonds is 7. The third kappa shape index (κ3) is 6.11. The van der Waals surface area contributed by atoms with Crippen molar-refractivity contribution < 1.29 is 22.7 Å². The van der Waals surface area contributed by atoms with Crippen molar-refractivity contribution in [1.29, 1.82) is 0 Å². The predicted octanol–water partition coefficient (Wildman–Crippen LogP) is 3.58. The molecule has 3 N–H and O–H groups in total. The minimum atomic E-state index is -3.80. The van der Waals surface area contributed by atoms with Gasteiger partial charge in [-0.05, 0) is 92.6 Å². The van der Waals surface area contributed by atoms with Crippen LogP contribution in [-0.2, 0) is 10.0 Å². The Kier molecular flexibility index (Phi) is 7.34. The van der Waals surface area contributed by atoms with Crippen molar-refractivity contribution in [1.82, 2.24) is 10.9 Å². The van der Waals surface area contributed by atoms with E-state index in [9.17, 15) is 18.0 Å². The van der Waals surface area contributed by atoms with Gasteiger partial charge in [0.2, 0.25) is 0 Å². The normalized spacial score (nSPS) is 10.9. The average Bonchev–Trinajstić information content (AvgIpc) is 2.80. The number of hydrazine groups is 1. The predicted molar refractivity (Wildman–Crippen MR) is 126 cm³/mol. The van der Waals surface area contributed by atoms with Crippen LogP contribution in [0.4, 0.5) is 5.69 Å². The molecule has 3 aromatic carbocycles. The molecule has 33 heavy (non-hydrogen) atoms. The number of nitrogens with one attached hydrogen (secondary N) is 3. The van der Waals surface area contributed by atoms with Crippen LogP contribution in [0.25, 0.3) is 0 Å². The van der Waals surface area contributed by atoms with Gasteiger partial charge in [-0.2, -0.15) is 0 Å². The van der Waals surface area contributed by atoms with Crippen LogP contribution in [0.3, 0.4) is 0 Å². The Hall–Kier alpha value is -3.85. The number of sulfonamides is 1. The molecule has 0 radical (unpaired) electrons. The molecule has 0 aromatic heterocycles. The summed E-state index contributed by atoms with van der Waals surface area (Å²) < 4.78 is 32.9. The maximum absolute atomic E-state index is 12.6. The van der Waals surface area contributed by atoms with Gasteiger partial charge in [0.1, 0.15) is 5.75 Å². The number of amides is 2. The van der Waals surface area contributed by atoms with E-state index in [0.717, 1.165) is 11.1 Å². The summed E-state index contributed by atoms with van der Waals surface area (Å²) in [6.07, 6.45) is 0. The molecule has 0 saturated carbocycles. The number of hydrogen-bond donors (Lipinski definition) is 3. The van der Waals surface area contributed by atoms with Gasteiger partial charge < -0.3 is 4.74 Å². The van der Waals surface area contributed by atoms with E-state index >= 15 is 0 Å². The minimum Gasteiger partial charge on any atom is -0.494 e. The lowest BCUT2D eigenvalue weighted by atomic mass is 10.1. The topological polar surface area (TPSA) is 114 Å². The van der Waals surface area contributed by atoms with Gasteiger partial charge in [0.25, 0.3) is 21.8 Å². The van der Waals surface area contributed by atoms with E-state index in [2.05, 4.69) is 15.6 Å². The van der Waals surface area contributed by atoms with Crippen LogP contribution in [-0.4, -0.2) is 26.8 Å². The van der Waals surface area contributed by atoms with E-state index in [4.69, 9.17) is 4.74 Å². The SMILES string of the molecule is CCOc1ccc(S(=O)(=O)Nc2ccc(C(=O)NNC(=O)c3ccc(C)c(C)c3)cc2)cc1. The highest BCUT2D eigenvalue weighted by molar-refractivity contribution is 7.92. The summed E-state index contributed by atoms with van der Waals surface area (Å²) in [7, 11) is -3.80. The third-order valence-electron chi connectivity index (χ3n) is 4.90. The van der Waals surface area contributed by atoms with E-state index in [0.29, 0.717) is 23.6 Å². The van der Waals surface area contributed by atoms with Crippen molar-refractivity contribution in [2.75, 3.05) is 11.3 Å². The molecule has 0 spiro atoms. The molecule has 3 aromatic rings. The van der Waals surface area contributed by atoms with Crippen LogP contribution in [0.2, 0.25) is 0 Å². The fourth-order valence-corrected chi connectivity index (χ4v) is 3.98. The van der Waals surface area contributed by atoms with Crippen LogP contribution in [0.5, 0.6) is 5.75 Å². The van der Waals surface area contributed by atoms with Crippen LogP contribution in [0, 0.1) is 13.8 Å². The van der Waals surface area contributed by atoms with Gasteiger partial charge in [0.15, 0.2) is 0 Å². The first-order chi connectivity index (χ1) is 15.7. The second-order valence-electron chi connectivity index (χ2n) is 7.29. The van der Waals surface area contributed by atoms with E-state index in [1.807, 2.05) is 26.8 Å². The summed E-state index contributed by atoms with van der Waals surface area (Å²) in [4.78, 5) is 24.6. The smallest absolute Gasteiger partial charge is 0.269 e. The highest BCUT2D eigenvalue weighted by Gasteiger charge is 2.15. The van der Waals surface area contributed by atoms with E-state index < -0.39 is 21.8 Å². The molecular formula is C24H25N3O5S. The molecule has 3 rings (SSSR count). The Morgan fingerprint density at radius 2 is 1.36 bits per heavy atom. The summed E-state index contributed by atoms with van der Waals surface area (Å²) in [6.45, 7) is 6.17. The average molecular weight is 468 g/mol. The maximum atomic E-state index is 12.6. The number of benzene rings is 3. The first-order valence-corrected chi connectivity index (χ1v) is 11.7. The number of carbonyl (C=O) groups excluding carboxylic acids is 2. The Labute approximate surface area is 193 Å². The minimum absolute atomic E-state index is 0.0850. The highest BCUT2D eigenvalue weighted by Crippen LogP contribution is 2.20. The fourth-order valence-electron chi connectivity index (χ4n) is 2.93. The zero-order chi connectivity index (χ0) is 24.0. The summed E-state index contributed by atoms with van der Waals surface area (Å²) >= 11 is 0. The number of aryl methyl sites for hydroxylation is 2. The van der Waals surface area contributed by atoms with Crippen molar-refractivity contribution in [2.45, 2.75) is 25.7 Å². The fraction of sp³-hybridized carbons (Fsp3) is 0.167. The molecule has 2 amide bonds. The Balaban J connectivity index is 1.60. The van der Waals surface area contributed by atoms with E-state index in [1.54, 1.807) is 24.3 Å². The number of ether oxygens (including phenoxy) is 1. The standard InChI is InChI=1S/C24H25N3O5S/c1-4-32-21-11-13-22(14-12-21)33(30,31)27-20-9-7-18(8-10-20)23(28)25-26-24(29)19-6-5-16(2)17(3)15-19/h5-15,27H,4H2,1-3H3,(H,25,28)(H,26,29). The largest absolute Gasteiger partial charge is 0.494 e.